The standard InChI is InChI=1S/C12H14F2O3/c1-7-8(2)10(17-3)5-4-9(7)6-12(13,14)11(15)16/h4-5H,6H2,1-3H3,(H,15,16). The molecule has 1 rings (SSSR count). The van der Waals surface area contributed by atoms with Gasteiger partial charge in [-0.05, 0) is 36.6 Å². The highest BCUT2D eigenvalue weighted by Gasteiger charge is 2.39. The second kappa shape index (κ2) is 4.69. The van der Waals surface area contributed by atoms with Gasteiger partial charge in [-0.25, -0.2) is 4.79 Å². The Kier molecular flexibility index (Phi) is 3.70. The van der Waals surface area contributed by atoms with Crippen LogP contribution in [0.15, 0.2) is 12.1 Å². The van der Waals surface area contributed by atoms with Crippen molar-refractivity contribution in [1.82, 2.24) is 0 Å². The van der Waals surface area contributed by atoms with Crippen LogP contribution in [0.4, 0.5) is 8.78 Å². The number of ether oxygens (including phenoxy) is 1. The van der Waals surface area contributed by atoms with Gasteiger partial charge in [-0.15, -0.1) is 0 Å². The van der Waals surface area contributed by atoms with Crippen molar-refractivity contribution >= 4 is 5.97 Å². The number of carboxylic acid groups (broad SMARTS) is 1. The Morgan fingerprint density at radius 2 is 1.94 bits per heavy atom. The van der Waals surface area contributed by atoms with E-state index in [1.54, 1.807) is 19.9 Å². The summed E-state index contributed by atoms with van der Waals surface area (Å²) in [5, 5.41) is 8.39. The molecule has 3 nitrogen and oxygen atoms in total. The van der Waals surface area contributed by atoms with Crippen molar-refractivity contribution in [3.63, 3.8) is 0 Å². The van der Waals surface area contributed by atoms with Gasteiger partial charge >= 0.3 is 11.9 Å². The van der Waals surface area contributed by atoms with E-state index in [4.69, 9.17) is 9.84 Å². The van der Waals surface area contributed by atoms with Crippen LogP contribution >= 0.6 is 0 Å². The fraction of sp³-hybridized carbons (Fsp3) is 0.417. The molecular weight excluding hydrogens is 230 g/mol. The maximum absolute atomic E-state index is 13.1. The van der Waals surface area contributed by atoms with E-state index < -0.39 is 18.3 Å². The van der Waals surface area contributed by atoms with Gasteiger partial charge in [-0.2, -0.15) is 8.78 Å². The summed E-state index contributed by atoms with van der Waals surface area (Å²) in [6.45, 7) is 3.42. The van der Waals surface area contributed by atoms with Crippen molar-refractivity contribution in [2.45, 2.75) is 26.2 Å². The van der Waals surface area contributed by atoms with E-state index >= 15 is 0 Å². The van der Waals surface area contributed by atoms with E-state index in [-0.39, 0.29) is 0 Å². The Hall–Kier alpha value is -1.65. The lowest BCUT2D eigenvalue weighted by atomic mass is 9.97. The summed E-state index contributed by atoms with van der Waals surface area (Å²) in [7, 11) is 1.49. The molecule has 0 saturated heterocycles. The summed E-state index contributed by atoms with van der Waals surface area (Å²) in [6, 6.07) is 3.04. The van der Waals surface area contributed by atoms with Gasteiger partial charge in [0.15, 0.2) is 0 Å². The molecule has 0 saturated carbocycles. The molecule has 0 aromatic heterocycles. The van der Waals surface area contributed by atoms with Gasteiger partial charge in [0.2, 0.25) is 0 Å². The van der Waals surface area contributed by atoms with Gasteiger partial charge in [0, 0.05) is 6.42 Å². The van der Waals surface area contributed by atoms with Crippen molar-refractivity contribution in [1.29, 1.82) is 0 Å². The van der Waals surface area contributed by atoms with Crippen LogP contribution in [0, 0.1) is 13.8 Å². The predicted molar refractivity (Wildman–Crippen MR) is 58.8 cm³/mol. The molecule has 0 bridgehead atoms. The van der Waals surface area contributed by atoms with Gasteiger partial charge in [0.25, 0.3) is 0 Å². The minimum atomic E-state index is -3.74. The maximum Gasteiger partial charge on any atom is 0.374 e. The molecule has 0 amide bonds. The molecule has 0 aliphatic carbocycles. The highest BCUT2D eigenvalue weighted by atomic mass is 19.3. The van der Waals surface area contributed by atoms with Crippen LogP contribution in [0.2, 0.25) is 0 Å². The molecule has 17 heavy (non-hydrogen) atoms. The molecular formula is C12H14F2O3. The molecule has 1 N–H and O–H groups in total. The number of hydrogen-bond acceptors (Lipinski definition) is 2. The van der Waals surface area contributed by atoms with Crippen molar-refractivity contribution in [2.24, 2.45) is 0 Å². The first-order valence-corrected chi connectivity index (χ1v) is 5.04. The molecule has 94 valence electrons. The summed E-state index contributed by atoms with van der Waals surface area (Å²) in [6.07, 6.45) is -0.807. The van der Waals surface area contributed by atoms with Gasteiger partial charge < -0.3 is 9.84 Å². The zero-order chi connectivity index (χ0) is 13.2. The predicted octanol–water partition coefficient (Wildman–Crippen LogP) is 2.57. The van der Waals surface area contributed by atoms with Crippen LogP contribution in [-0.2, 0) is 11.2 Å². The Bertz CT molecular complexity index is 442. The van der Waals surface area contributed by atoms with Gasteiger partial charge in [0.05, 0.1) is 7.11 Å². The number of aliphatic carboxylic acids is 1. The number of rotatable bonds is 4. The Labute approximate surface area is 98.0 Å². The van der Waals surface area contributed by atoms with Crippen LogP contribution in [0.1, 0.15) is 16.7 Å². The molecule has 1 aromatic carbocycles. The topological polar surface area (TPSA) is 46.5 Å². The van der Waals surface area contributed by atoms with Crippen LogP contribution in [0.3, 0.4) is 0 Å². The monoisotopic (exact) mass is 244 g/mol. The summed E-state index contributed by atoms with van der Waals surface area (Å²) >= 11 is 0. The normalized spacial score (nSPS) is 11.4. The summed E-state index contributed by atoms with van der Waals surface area (Å²) in [4.78, 5) is 10.4. The van der Waals surface area contributed by atoms with E-state index in [1.807, 2.05) is 0 Å². The fourth-order valence-corrected chi connectivity index (χ4v) is 1.58. The molecule has 0 aliphatic heterocycles. The molecule has 5 heteroatoms. The number of carbonyl (C=O) groups is 1. The fourth-order valence-electron chi connectivity index (χ4n) is 1.58. The van der Waals surface area contributed by atoms with Crippen molar-refractivity contribution in [3.05, 3.63) is 28.8 Å². The number of hydrogen-bond donors (Lipinski definition) is 1. The van der Waals surface area contributed by atoms with Crippen molar-refractivity contribution in [2.75, 3.05) is 7.11 Å². The van der Waals surface area contributed by atoms with E-state index in [0.29, 0.717) is 16.9 Å². The lowest BCUT2D eigenvalue weighted by Crippen LogP contribution is -2.31. The molecule has 0 heterocycles. The number of alkyl halides is 2. The lowest BCUT2D eigenvalue weighted by molar-refractivity contribution is -0.164. The Morgan fingerprint density at radius 1 is 1.35 bits per heavy atom. The molecule has 0 radical (unpaired) electrons. The van der Waals surface area contributed by atoms with Crippen molar-refractivity contribution in [3.8, 4) is 5.75 Å². The molecule has 0 fully saturated rings. The van der Waals surface area contributed by atoms with E-state index in [1.165, 1.54) is 13.2 Å². The molecule has 1 aromatic rings. The highest BCUT2D eigenvalue weighted by Crippen LogP contribution is 2.28. The third-order valence-electron chi connectivity index (χ3n) is 2.79. The third kappa shape index (κ3) is 2.72. The third-order valence-corrected chi connectivity index (χ3v) is 2.79. The molecule has 0 spiro atoms. The Balaban J connectivity index is 3.09. The van der Waals surface area contributed by atoms with Crippen LogP contribution in [-0.4, -0.2) is 24.1 Å². The molecule has 0 atom stereocenters. The van der Waals surface area contributed by atoms with E-state index in [9.17, 15) is 13.6 Å². The average Bonchev–Trinajstić information content (AvgIpc) is 2.25. The van der Waals surface area contributed by atoms with E-state index in [2.05, 4.69) is 0 Å². The Morgan fingerprint density at radius 3 is 2.41 bits per heavy atom. The first kappa shape index (κ1) is 13.4. The van der Waals surface area contributed by atoms with Crippen molar-refractivity contribution < 1.29 is 23.4 Å². The summed E-state index contributed by atoms with van der Waals surface area (Å²) < 4.78 is 31.2. The minimum Gasteiger partial charge on any atom is -0.496 e. The maximum atomic E-state index is 13.1. The number of carboxylic acids is 1. The largest absolute Gasteiger partial charge is 0.496 e. The first-order chi connectivity index (χ1) is 7.79. The van der Waals surface area contributed by atoms with Crippen LogP contribution in [0.5, 0.6) is 5.75 Å². The smallest absolute Gasteiger partial charge is 0.374 e. The van der Waals surface area contributed by atoms with Gasteiger partial charge in [0.1, 0.15) is 5.75 Å². The molecule has 0 aliphatic rings. The summed E-state index contributed by atoms with van der Waals surface area (Å²) in [5.74, 6) is -5.25. The van der Waals surface area contributed by atoms with E-state index in [0.717, 1.165) is 5.56 Å². The number of benzene rings is 1. The lowest BCUT2D eigenvalue weighted by Gasteiger charge is -2.16. The zero-order valence-electron chi connectivity index (χ0n) is 9.88. The second-order valence-corrected chi connectivity index (χ2v) is 3.86. The number of halogens is 2. The second-order valence-electron chi connectivity index (χ2n) is 3.86. The minimum absolute atomic E-state index is 0.315. The average molecular weight is 244 g/mol. The first-order valence-electron chi connectivity index (χ1n) is 5.04. The highest BCUT2D eigenvalue weighted by molar-refractivity contribution is 5.75. The zero-order valence-corrected chi connectivity index (χ0v) is 9.88. The van der Waals surface area contributed by atoms with Gasteiger partial charge in [-0.3, -0.25) is 0 Å². The van der Waals surface area contributed by atoms with Gasteiger partial charge in [-0.1, -0.05) is 6.07 Å². The number of methoxy groups -OCH3 is 1. The molecule has 0 unspecified atom stereocenters. The quantitative estimate of drug-likeness (QED) is 0.885. The SMILES string of the molecule is COc1ccc(CC(F)(F)C(=O)O)c(C)c1C. The van der Waals surface area contributed by atoms with Crippen LogP contribution in [0.25, 0.3) is 0 Å². The van der Waals surface area contributed by atoms with Crippen LogP contribution < -0.4 is 4.74 Å². The summed E-state index contributed by atoms with van der Waals surface area (Å²) in [5.41, 5.74) is 1.69.